The van der Waals surface area contributed by atoms with Crippen molar-refractivity contribution < 1.29 is 8.78 Å². The van der Waals surface area contributed by atoms with Crippen molar-refractivity contribution in [2.24, 2.45) is 0 Å². The summed E-state index contributed by atoms with van der Waals surface area (Å²) in [5.41, 5.74) is 0.593. The number of hydrogen-bond donors (Lipinski definition) is 0. The Morgan fingerprint density at radius 3 is 2.33 bits per heavy atom. The molecule has 1 heterocycles. The van der Waals surface area contributed by atoms with Crippen LogP contribution < -0.4 is 0 Å². The van der Waals surface area contributed by atoms with Gasteiger partial charge >= 0.3 is 0 Å². The first-order valence-electron chi connectivity index (χ1n) is 4.30. The Bertz CT molecular complexity index is 433. The molecular formula is C11H7BrF2S. The lowest BCUT2D eigenvalue weighted by Crippen LogP contribution is -1.92. The van der Waals surface area contributed by atoms with Crippen molar-refractivity contribution in [1.29, 1.82) is 0 Å². The van der Waals surface area contributed by atoms with Crippen LogP contribution in [-0.2, 0) is 0 Å². The second-order valence-electron chi connectivity index (χ2n) is 3.08. The van der Waals surface area contributed by atoms with Crippen molar-refractivity contribution in [3.8, 4) is 0 Å². The van der Waals surface area contributed by atoms with E-state index in [1.54, 1.807) is 11.3 Å². The van der Waals surface area contributed by atoms with Gasteiger partial charge in [-0.3, -0.25) is 0 Å². The van der Waals surface area contributed by atoms with Crippen molar-refractivity contribution in [2.45, 2.75) is 4.83 Å². The van der Waals surface area contributed by atoms with E-state index in [2.05, 4.69) is 15.9 Å². The topological polar surface area (TPSA) is 0 Å². The second kappa shape index (κ2) is 4.41. The average Bonchev–Trinajstić information content (AvgIpc) is 2.67. The number of alkyl halides is 1. The molecule has 0 spiro atoms. The number of rotatable bonds is 2. The molecule has 0 bridgehead atoms. The fourth-order valence-corrected chi connectivity index (χ4v) is 2.79. The standard InChI is InChI=1S/C11H7BrF2S/c12-11(10-2-1-3-15-10)7-4-8(13)6-9(14)5-7/h1-6,11H. The molecule has 0 N–H and O–H groups in total. The molecule has 1 unspecified atom stereocenters. The minimum Gasteiger partial charge on any atom is -0.207 e. The number of halogens is 3. The predicted octanol–water partition coefficient (Wildman–Crippen LogP) is 4.51. The van der Waals surface area contributed by atoms with Crippen LogP contribution in [-0.4, -0.2) is 0 Å². The normalized spacial score (nSPS) is 12.7. The Kier molecular flexibility index (Phi) is 3.17. The highest BCUT2D eigenvalue weighted by Gasteiger charge is 2.13. The van der Waals surface area contributed by atoms with E-state index in [9.17, 15) is 8.78 Å². The van der Waals surface area contributed by atoms with Crippen LogP contribution in [0.5, 0.6) is 0 Å². The quantitative estimate of drug-likeness (QED) is 0.713. The number of hydrogen-bond acceptors (Lipinski definition) is 1. The van der Waals surface area contributed by atoms with E-state index >= 15 is 0 Å². The van der Waals surface area contributed by atoms with E-state index in [-0.39, 0.29) is 4.83 Å². The molecule has 0 amide bonds. The Hall–Kier alpha value is -0.740. The van der Waals surface area contributed by atoms with Crippen molar-refractivity contribution in [3.63, 3.8) is 0 Å². The Morgan fingerprint density at radius 2 is 1.80 bits per heavy atom. The lowest BCUT2D eigenvalue weighted by molar-refractivity contribution is 0.580. The van der Waals surface area contributed by atoms with Crippen LogP contribution in [0.15, 0.2) is 35.7 Å². The average molecular weight is 289 g/mol. The molecule has 2 rings (SSSR count). The molecule has 78 valence electrons. The van der Waals surface area contributed by atoms with Gasteiger partial charge in [-0.25, -0.2) is 8.78 Å². The summed E-state index contributed by atoms with van der Waals surface area (Å²) in [6.07, 6.45) is 0. The minimum absolute atomic E-state index is 0.150. The molecule has 0 fully saturated rings. The van der Waals surface area contributed by atoms with Crippen LogP contribution in [0, 0.1) is 11.6 Å². The molecule has 0 aliphatic heterocycles. The Morgan fingerprint density at radius 1 is 1.13 bits per heavy atom. The van der Waals surface area contributed by atoms with E-state index in [0.29, 0.717) is 5.56 Å². The van der Waals surface area contributed by atoms with Gasteiger partial charge in [0, 0.05) is 10.9 Å². The molecule has 1 atom stereocenters. The van der Waals surface area contributed by atoms with Gasteiger partial charge in [0.05, 0.1) is 4.83 Å². The highest BCUT2D eigenvalue weighted by atomic mass is 79.9. The summed E-state index contributed by atoms with van der Waals surface area (Å²) in [4.78, 5) is 0.878. The summed E-state index contributed by atoms with van der Waals surface area (Å²) in [5, 5.41) is 1.93. The summed E-state index contributed by atoms with van der Waals surface area (Å²) < 4.78 is 25.9. The third-order valence-electron chi connectivity index (χ3n) is 1.97. The third kappa shape index (κ3) is 2.44. The van der Waals surface area contributed by atoms with Crippen LogP contribution in [0.4, 0.5) is 8.78 Å². The molecule has 15 heavy (non-hydrogen) atoms. The van der Waals surface area contributed by atoms with Crippen molar-refractivity contribution in [3.05, 3.63) is 57.8 Å². The zero-order chi connectivity index (χ0) is 10.8. The van der Waals surface area contributed by atoms with E-state index in [0.717, 1.165) is 10.9 Å². The lowest BCUT2D eigenvalue weighted by Gasteiger charge is -2.08. The van der Waals surface area contributed by atoms with Gasteiger partial charge < -0.3 is 0 Å². The summed E-state index contributed by atoms with van der Waals surface area (Å²) >= 11 is 4.96. The highest BCUT2D eigenvalue weighted by molar-refractivity contribution is 9.09. The van der Waals surface area contributed by atoms with Gasteiger partial charge in [0.25, 0.3) is 0 Å². The molecule has 2 aromatic rings. The van der Waals surface area contributed by atoms with Gasteiger partial charge in [-0.1, -0.05) is 22.0 Å². The molecule has 1 aromatic carbocycles. The Labute approximate surface area is 98.7 Å². The first-order valence-corrected chi connectivity index (χ1v) is 6.10. The maximum absolute atomic E-state index is 13.0. The van der Waals surface area contributed by atoms with E-state index in [1.165, 1.54) is 12.1 Å². The summed E-state index contributed by atoms with van der Waals surface area (Å²) in [6, 6.07) is 7.37. The number of benzene rings is 1. The summed E-state index contributed by atoms with van der Waals surface area (Å²) in [7, 11) is 0. The van der Waals surface area contributed by atoms with Gasteiger partial charge in [-0.15, -0.1) is 11.3 Å². The first kappa shape index (κ1) is 10.8. The third-order valence-corrected chi connectivity index (χ3v) is 4.23. The fourth-order valence-electron chi connectivity index (χ4n) is 1.32. The van der Waals surface area contributed by atoms with Crippen LogP contribution in [0.1, 0.15) is 15.3 Å². The van der Waals surface area contributed by atoms with Crippen LogP contribution in [0.2, 0.25) is 0 Å². The molecule has 0 saturated carbocycles. The van der Waals surface area contributed by atoms with Gasteiger partial charge in [0.15, 0.2) is 0 Å². The minimum atomic E-state index is -0.550. The maximum Gasteiger partial charge on any atom is 0.126 e. The molecule has 0 nitrogen and oxygen atoms in total. The van der Waals surface area contributed by atoms with Gasteiger partial charge in [-0.05, 0) is 29.1 Å². The SMILES string of the molecule is Fc1cc(F)cc(C(Br)c2cccs2)c1. The van der Waals surface area contributed by atoms with Gasteiger partial charge in [0.2, 0.25) is 0 Å². The zero-order valence-electron chi connectivity index (χ0n) is 7.58. The van der Waals surface area contributed by atoms with Crippen LogP contribution in [0.3, 0.4) is 0 Å². The number of thiophene rings is 1. The van der Waals surface area contributed by atoms with Crippen molar-refractivity contribution in [1.82, 2.24) is 0 Å². The molecule has 0 aliphatic rings. The Balaban J connectivity index is 2.37. The molecule has 0 radical (unpaired) electrons. The first-order chi connectivity index (χ1) is 7.16. The van der Waals surface area contributed by atoms with Gasteiger partial charge in [-0.2, -0.15) is 0 Å². The molecule has 1 aromatic heterocycles. The zero-order valence-corrected chi connectivity index (χ0v) is 9.99. The predicted molar refractivity (Wildman–Crippen MR) is 61.4 cm³/mol. The van der Waals surface area contributed by atoms with E-state index < -0.39 is 11.6 Å². The summed E-state index contributed by atoms with van der Waals surface area (Å²) in [5.74, 6) is -1.10. The van der Waals surface area contributed by atoms with E-state index in [4.69, 9.17) is 0 Å². The second-order valence-corrected chi connectivity index (χ2v) is 4.98. The maximum atomic E-state index is 13.0. The summed E-state index contributed by atoms with van der Waals surface area (Å²) in [6.45, 7) is 0. The van der Waals surface area contributed by atoms with Gasteiger partial charge in [0.1, 0.15) is 11.6 Å². The van der Waals surface area contributed by atoms with Crippen molar-refractivity contribution >= 4 is 27.3 Å². The lowest BCUT2D eigenvalue weighted by atomic mass is 10.1. The fraction of sp³-hybridized carbons (Fsp3) is 0.0909. The molecular weight excluding hydrogens is 282 g/mol. The highest BCUT2D eigenvalue weighted by Crippen LogP contribution is 2.34. The smallest absolute Gasteiger partial charge is 0.126 e. The van der Waals surface area contributed by atoms with E-state index in [1.807, 2.05) is 17.5 Å². The molecule has 4 heteroatoms. The van der Waals surface area contributed by atoms with Crippen molar-refractivity contribution in [2.75, 3.05) is 0 Å². The largest absolute Gasteiger partial charge is 0.207 e. The molecule has 0 aliphatic carbocycles. The van der Waals surface area contributed by atoms with Crippen LogP contribution in [0.25, 0.3) is 0 Å². The molecule has 0 saturated heterocycles. The van der Waals surface area contributed by atoms with Crippen LogP contribution >= 0.6 is 27.3 Å². The monoisotopic (exact) mass is 288 g/mol.